The highest BCUT2D eigenvalue weighted by Gasteiger charge is 2.16. The van der Waals surface area contributed by atoms with Crippen molar-refractivity contribution in [2.45, 2.75) is 19.4 Å². The molecule has 0 heterocycles. The highest BCUT2D eigenvalue weighted by atomic mass is 127. The van der Waals surface area contributed by atoms with Gasteiger partial charge in [0.1, 0.15) is 5.69 Å². The molecule has 0 saturated carbocycles. The zero-order valence-corrected chi connectivity index (χ0v) is 11.0. The van der Waals surface area contributed by atoms with Crippen molar-refractivity contribution in [3.05, 3.63) is 31.9 Å². The number of hydrogen-bond donors (Lipinski definition) is 2. The minimum absolute atomic E-state index is 0.0406. The van der Waals surface area contributed by atoms with Crippen molar-refractivity contribution in [1.82, 2.24) is 0 Å². The average molecular weight is 336 g/mol. The Morgan fingerprint density at radius 3 is 2.81 bits per heavy atom. The fourth-order valence-electron chi connectivity index (χ4n) is 1.27. The first kappa shape index (κ1) is 13.2. The second kappa shape index (κ2) is 6.00. The predicted molar refractivity (Wildman–Crippen MR) is 70.6 cm³/mol. The third-order valence-electron chi connectivity index (χ3n) is 2.23. The molecule has 5 nitrogen and oxygen atoms in total. The molecule has 1 aromatic carbocycles. The van der Waals surface area contributed by atoms with E-state index in [2.05, 4.69) is 5.32 Å². The van der Waals surface area contributed by atoms with E-state index in [1.54, 1.807) is 12.1 Å². The van der Waals surface area contributed by atoms with E-state index in [9.17, 15) is 10.1 Å². The molecule has 0 aliphatic heterocycles. The van der Waals surface area contributed by atoms with E-state index in [1.165, 1.54) is 6.07 Å². The van der Waals surface area contributed by atoms with Gasteiger partial charge in [0.25, 0.3) is 5.69 Å². The number of benzene rings is 1. The van der Waals surface area contributed by atoms with E-state index in [0.29, 0.717) is 12.1 Å². The molecule has 88 valence electrons. The molecule has 0 fully saturated rings. The lowest BCUT2D eigenvalue weighted by Gasteiger charge is -2.15. The van der Waals surface area contributed by atoms with Crippen LogP contribution in [0.25, 0.3) is 0 Å². The predicted octanol–water partition coefficient (Wildman–Crippen LogP) is 2.38. The molecule has 1 rings (SSSR count). The lowest BCUT2D eigenvalue weighted by atomic mass is 10.2. The van der Waals surface area contributed by atoms with Gasteiger partial charge in [0.2, 0.25) is 0 Å². The summed E-state index contributed by atoms with van der Waals surface area (Å²) in [5, 5.41) is 22.8. The van der Waals surface area contributed by atoms with E-state index in [4.69, 9.17) is 5.11 Å². The molecule has 0 radical (unpaired) electrons. The van der Waals surface area contributed by atoms with Gasteiger partial charge >= 0.3 is 0 Å². The first-order valence-corrected chi connectivity index (χ1v) is 5.97. The normalized spacial score (nSPS) is 12.2. The van der Waals surface area contributed by atoms with Crippen molar-refractivity contribution in [1.29, 1.82) is 0 Å². The van der Waals surface area contributed by atoms with E-state index in [0.717, 1.165) is 3.57 Å². The van der Waals surface area contributed by atoms with Crippen LogP contribution in [0, 0.1) is 13.7 Å². The van der Waals surface area contributed by atoms with Crippen LogP contribution < -0.4 is 5.32 Å². The molecule has 0 aromatic heterocycles. The minimum Gasteiger partial charge on any atom is -0.394 e. The number of nitrogens with one attached hydrogen (secondary N) is 1. The molecular formula is C10H13IN2O3. The molecule has 0 saturated heterocycles. The summed E-state index contributed by atoms with van der Waals surface area (Å²) in [5.74, 6) is 0. The molecular weight excluding hydrogens is 323 g/mol. The van der Waals surface area contributed by atoms with Gasteiger partial charge in [-0.05, 0) is 41.1 Å². The van der Waals surface area contributed by atoms with Crippen molar-refractivity contribution in [2.24, 2.45) is 0 Å². The van der Waals surface area contributed by atoms with Crippen molar-refractivity contribution >= 4 is 34.0 Å². The van der Waals surface area contributed by atoms with Crippen LogP contribution in [0.15, 0.2) is 18.2 Å². The highest BCUT2D eigenvalue weighted by Crippen LogP contribution is 2.27. The Bertz CT molecular complexity index is 380. The number of aliphatic hydroxyl groups is 1. The summed E-state index contributed by atoms with van der Waals surface area (Å²) in [6, 6.07) is 4.81. The number of nitrogens with zero attached hydrogens (tertiary/aromatic N) is 1. The fourth-order valence-corrected chi connectivity index (χ4v) is 1.75. The maximum atomic E-state index is 10.8. The van der Waals surface area contributed by atoms with Crippen LogP contribution in [0.3, 0.4) is 0 Å². The smallest absolute Gasteiger partial charge is 0.293 e. The van der Waals surface area contributed by atoms with Crippen LogP contribution >= 0.6 is 22.6 Å². The maximum Gasteiger partial charge on any atom is 0.293 e. The molecule has 1 atom stereocenters. The Labute approximate surface area is 107 Å². The van der Waals surface area contributed by atoms with Gasteiger partial charge in [0.15, 0.2) is 0 Å². The van der Waals surface area contributed by atoms with Crippen molar-refractivity contribution < 1.29 is 10.0 Å². The SMILES string of the molecule is CC[C@@H](CO)Nc1ccc(I)cc1[N+](=O)[O-]. The molecule has 0 spiro atoms. The molecule has 0 aliphatic rings. The van der Waals surface area contributed by atoms with Gasteiger partial charge in [-0.15, -0.1) is 0 Å². The number of halogens is 1. The topological polar surface area (TPSA) is 75.4 Å². The number of nitro benzene ring substituents is 1. The molecule has 6 heteroatoms. The number of hydrogen-bond acceptors (Lipinski definition) is 4. The summed E-state index contributed by atoms with van der Waals surface area (Å²) in [6.45, 7) is 1.87. The third-order valence-corrected chi connectivity index (χ3v) is 2.90. The van der Waals surface area contributed by atoms with E-state index < -0.39 is 4.92 Å². The zero-order valence-electron chi connectivity index (χ0n) is 8.81. The quantitative estimate of drug-likeness (QED) is 0.492. The van der Waals surface area contributed by atoms with Gasteiger partial charge in [-0.3, -0.25) is 10.1 Å². The standard InChI is InChI=1S/C10H13IN2O3/c1-2-8(6-14)12-9-4-3-7(11)5-10(9)13(15)16/h3-5,8,12,14H,2,6H2,1H3/t8-/m0/s1. The van der Waals surface area contributed by atoms with Crippen LogP contribution in [0.2, 0.25) is 0 Å². The Morgan fingerprint density at radius 1 is 1.62 bits per heavy atom. The molecule has 2 N–H and O–H groups in total. The first-order valence-electron chi connectivity index (χ1n) is 4.89. The Balaban J connectivity index is 2.98. The minimum atomic E-state index is -0.422. The second-order valence-corrected chi connectivity index (χ2v) is 4.60. The second-order valence-electron chi connectivity index (χ2n) is 3.35. The Kier molecular flexibility index (Phi) is 4.94. The van der Waals surface area contributed by atoms with Crippen molar-refractivity contribution in [3.63, 3.8) is 0 Å². The molecule has 0 bridgehead atoms. The van der Waals surface area contributed by atoms with Crippen LogP contribution in [-0.4, -0.2) is 22.7 Å². The fraction of sp³-hybridized carbons (Fsp3) is 0.400. The molecule has 0 aliphatic carbocycles. The van der Waals surface area contributed by atoms with Gasteiger partial charge in [-0.2, -0.15) is 0 Å². The summed E-state index contributed by atoms with van der Waals surface area (Å²) in [5.41, 5.74) is 0.491. The van der Waals surface area contributed by atoms with E-state index in [1.807, 2.05) is 29.5 Å². The summed E-state index contributed by atoms with van der Waals surface area (Å²) >= 11 is 2.03. The van der Waals surface area contributed by atoms with Crippen molar-refractivity contribution in [3.8, 4) is 0 Å². The number of rotatable bonds is 5. The number of anilines is 1. The summed E-state index contributed by atoms with van der Waals surface area (Å²) in [4.78, 5) is 10.4. The van der Waals surface area contributed by atoms with Crippen LogP contribution in [0.5, 0.6) is 0 Å². The van der Waals surface area contributed by atoms with Crippen LogP contribution in [0.1, 0.15) is 13.3 Å². The molecule has 0 amide bonds. The van der Waals surface area contributed by atoms with Crippen molar-refractivity contribution in [2.75, 3.05) is 11.9 Å². The van der Waals surface area contributed by atoms with E-state index in [-0.39, 0.29) is 18.3 Å². The monoisotopic (exact) mass is 336 g/mol. The lowest BCUT2D eigenvalue weighted by molar-refractivity contribution is -0.384. The Hall–Kier alpha value is -0.890. The highest BCUT2D eigenvalue weighted by molar-refractivity contribution is 14.1. The largest absolute Gasteiger partial charge is 0.394 e. The van der Waals surface area contributed by atoms with Gasteiger partial charge < -0.3 is 10.4 Å². The van der Waals surface area contributed by atoms with Crippen LogP contribution in [0.4, 0.5) is 11.4 Å². The number of aliphatic hydroxyl groups excluding tert-OH is 1. The average Bonchev–Trinajstić information content (AvgIpc) is 2.27. The summed E-state index contributed by atoms with van der Waals surface area (Å²) in [6.07, 6.45) is 0.708. The van der Waals surface area contributed by atoms with Gasteiger partial charge in [0.05, 0.1) is 11.5 Å². The first-order chi connectivity index (χ1) is 7.58. The van der Waals surface area contributed by atoms with Gasteiger partial charge in [-0.1, -0.05) is 6.92 Å². The molecule has 1 aromatic rings. The molecule has 0 unspecified atom stereocenters. The third kappa shape index (κ3) is 3.31. The Morgan fingerprint density at radius 2 is 2.31 bits per heavy atom. The number of nitro groups is 1. The lowest BCUT2D eigenvalue weighted by Crippen LogP contribution is -2.23. The van der Waals surface area contributed by atoms with Crippen LogP contribution in [-0.2, 0) is 0 Å². The van der Waals surface area contributed by atoms with E-state index >= 15 is 0 Å². The maximum absolute atomic E-state index is 10.8. The summed E-state index contributed by atoms with van der Waals surface area (Å²) < 4.78 is 0.812. The zero-order chi connectivity index (χ0) is 12.1. The van der Waals surface area contributed by atoms with Gasteiger partial charge in [0, 0.05) is 15.7 Å². The van der Waals surface area contributed by atoms with Gasteiger partial charge in [-0.25, -0.2) is 0 Å². The molecule has 16 heavy (non-hydrogen) atoms. The summed E-state index contributed by atoms with van der Waals surface area (Å²) in [7, 11) is 0.